The highest BCUT2D eigenvalue weighted by atomic mass is 16.4. The number of hydrogen-bond acceptors (Lipinski definition) is 5. The largest absolute Gasteiger partial charge is 0.440 e. The highest BCUT2D eigenvalue weighted by Crippen LogP contribution is 2.32. The Kier molecular flexibility index (Phi) is 6.03. The van der Waals surface area contributed by atoms with E-state index < -0.39 is 23.8 Å². The van der Waals surface area contributed by atoms with E-state index in [4.69, 9.17) is 15.9 Å². The van der Waals surface area contributed by atoms with E-state index in [0.29, 0.717) is 17.3 Å². The number of rotatable bonds is 8. The van der Waals surface area contributed by atoms with Crippen LogP contribution < -0.4 is 16.8 Å². The molecule has 0 radical (unpaired) electrons. The number of oxazole rings is 1. The number of benzene rings is 2. The van der Waals surface area contributed by atoms with Crippen LogP contribution in [0.3, 0.4) is 0 Å². The Balaban J connectivity index is 1.80. The van der Waals surface area contributed by atoms with Crippen LogP contribution >= 0.6 is 0 Å². The molecule has 0 saturated heterocycles. The first kappa shape index (κ1) is 19.8. The number of nitrogens with one attached hydrogen (secondary N) is 1. The molecule has 0 atom stereocenters. The summed E-state index contributed by atoms with van der Waals surface area (Å²) in [6.07, 6.45) is 0.114. The molecule has 1 heterocycles. The Morgan fingerprint density at radius 3 is 2.00 bits per heavy atom. The third-order valence-corrected chi connectivity index (χ3v) is 4.19. The second kappa shape index (κ2) is 8.83. The number of nitrogens with zero attached hydrogens (tertiary/aromatic N) is 1. The number of primary amides is 2. The van der Waals surface area contributed by atoms with E-state index in [-0.39, 0.29) is 12.8 Å². The fourth-order valence-corrected chi connectivity index (χ4v) is 2.78. The van der Waals surface area contributed by atoms with Crippen LogP contribution in [-0.4, -0.2) is 28.7 Å². The lowest BCUT2D eigenvalue weighted by molar-refractivity contribution is -0.134. The third-order valence-electron chi connectivity index (χ3n) is 4.19. The van der Waals surface area contributed by atoms with E-state index >= 15 is 0 Å². The Bertz CT molecular complexity index is 945. The highest BCUT2D eigenvalue weighted by molar-refractivity contribution is 6.05. The van der Waals surface area contributed by atoms with E-state index in [2.05, 4.69) is 10.3 Å². The lowest BCUT2D eigenvalue weighted by Crippen LogP contribution is -2.52. The number of amides is 3. The molecular weight excluding hydrogens is 372 g/mol. The number of carbonyl (C=O) groups is 3. The van der Waals surface area contributed by atoms with E-state index in [1.165, 1.54) is 0 Å². The maximum Gasteiger partial charge on any atom is 0.249 e. The van der Waals surface area contributed by atoms with Gasteiger partial charge in [0.05, 0.1) is 0 Å². The van der Waals surface area contributed by atoms with Crippen LogP contribution in [0.25, 0.3) is 22.6 Å². The average Bonchev–Trinajstić information content (AvgIpc) is 3.16. The Hall–Kier alpha value is -3.94. The van der Waals surface area contributed by atoms with Crippen LogP contribution in [0.4, 0.5) is 0 Å². The molecule has 3 rings (SSSR count). The number of nitrogens with two attached hydrogens (primary N) is 2. The Morgan fingerprint density at radius 1 is 0.897 bits per heavy atom. The van der Waals surface area contributed by atoms with Gasteiger partial charge in [-0.25, -0.2) is 4.98 Å². The zero-order valence-electron chi connectivity index (χ0n) is 15.5. The minimum atomic E-state index is -1.55. The van der Waals surface area contributed by atoms with Crippen molar-refractivity contribution < 1.29 is 18.8 Å². The molecule has 148 valence electrons. The van der Waals surface area contributed by atoms with Crippen LogP contribution in [0.5, 0.6) is 0 Å². The predicted molar refractivity (Wildman–Crippen MR) is 106 cm³/mol. The van der Waals surface area contributed by atoms with Gasteiger partial charge in [-0.05, 0) is 0 Å². The number of aryl methyl sites for hydroxylation is 1. The van der Waals surface area contributed by atoms with Gasteiger partial charge in [0.25, 0.3) is 0 Å². The van der Waals surface area contributed by atoms with Crippen molar-refractivity contribution in [1.29, 1.82) is 0 Å². The summed E-state index contributed by atoms with van der Waals surface area (Å²) < 4.78 is 5.93. The number of aromatic nitrogens is 1. The van der Waals surface area contributed by atoms with Crippen molar-refractivity contribution in [3.8, 4) is 22.6 Å². The lowest BCUT2D eigenvalue weighted by Gasteiger charge is -2.11. The molecule has 0 aliphatic rings. The molecule has 8 nitrogen and oxygen atoms in total. The molecule has 0 fully saturated rings. The van der Waals surface area contributed by atoms with Gasteiger partial charge in [0.15, 0.2) is 17.7 Å². The number of carbonyl (C=O) groups excluding carboxylic acids is 3. The quantitative estimate of drug-likeness (QED) is 0.497. The average molecular weight is 392 g/mol. The minimum absolute atomic E-state index is 0.0555. The third kappa shape index (κ3) is 4.86. The molecule has 2 aromatic carbocycles. The monoisotopic (exact) mass is 392 g/mol. The summed E-state index contributed by atoms with van der Waals surface area (Å²) in [5, 5.41) is 2.21. The van der Waals surface area contributed by atoms with Crippen molar-refractivity contribution in [2.24, 2.45) is 11.5 Å². The molecule has 0 aliphatic carbocycles. The zero-order valence-corrected chi connectivity index (χ0v) is 15.5. The van der Waals surface area contributed by atoms with Gasteiger partial charge in [-0.1, -0.05) is 60.7 Å². The fraction of sp³-hybridized carbons (Fsp3) is 0.143. The molecular formula is C21H20N4O4. The molecule has 0 spiro atoms. The normalized spacial score (nSPS) is 10.7. The van der Waals surface area contributed by atoms with Gasteiger partial charge in [0.2, 0.25) is 17.7 Å². The maximum absolute atomic E-state index is 12.1. The second-order valence-electron chi connectivity index (χ2n) is 6.32. The molecule has 5 N–H and O–H groups in total. The molecule has 8 heteroatoms. The lowest BCUT2D eigenvalue weighted by atomic mass is 10.1. The Morgan fingerprint density at radius 2 is 1.45 bits per heavy atom. The molecule has 0 unspecified atom stereocenters. The molecule has 3 aromatic rings. The van der Waals surface area contributed by atoms with Crippen molar-refractivity contribution in [1.82, 2.24) is 10.3 Å². The van der Waals surface area contributed by atoms with Gasteiger partial charge in [0, 0.05) is 24.0 Å². The summed E-state index contributed by atoms with van der Waals surface area (Å²) in [6, 6.07) is 17.5. The smallest absolute Gasteiger partial charge is 0.249 e. The summed E-state index contributed by atoms with van der Waals surface area (Å²) >= 11 is 0. The van der Waals surface area contributed by atoms with Crippen molar-refractivity contribution in [3.05, 3.63) is 66.6 Å². The zero-order chi connectivity index (χ0) is 20.8. The molecule has 0 saturated carbocycles. The maximum atomic E-state index is 12.1. The van der Waals surface area contributed by atoms with Crippen LogP contribution in [0.15, 0.2) is 65.1 Å². The second-order valence-corrected chi connectivity index (χ2v) is 6.32. The predicted octanol–water partition coefficient (Wildman–Crippen LogP) is 1.40. The summed E-state index contributed by atoms with van der Waals surface area (Å²) in [5.41, 5.74) is 12.5. The van der Waals surface area contributed by atoms with E-state index in [0.717, 1.165) is 11.1 Å². The van der Waals surface area contributed by atoms with Crippen LogP contribution in [0.1, 0.15) is 12.3 Å². The van der Waals surface area contributed by atoms with Crippen LogP contribution in [0.2, 0.25) is 0 Å². The summed E-state index contributed by atoms with van der Waals surface area (Å²) in [7, 11) is 0. The standard InChI is InChI=1S/C21H20N4O4/c22-20(27)18(21(23)28)24-15(26)11-12-16-25-17(13-7-3-1-4-8-13)19(29-16)14-9-5-2-6-10-14/h1-10,18H,11-12H2,(H2,22,27)(H2,23,28)(H,24,26). The topological polar surface area (TPSA) is 141 Å². The molecule has 3 amide bonds. The molecule has 0 aliphatic heterocycles. The molecule has 1 aromatic heterocycles. The fourth-order valence-electron chi connectivity index (χ4n) is 2.78. The van der Waals surface area contributed by atoms with Gasteiger partial charge < -0.3 is 21.2 Å². The van der Waals surface area contributed by atoms with Gasteiger partial charge in [-0.3, -0.25) is 14.4 Å². The SMILES string of the molecule is NC(=O)C(NC(=O)CCc1nc(-c2ccccc2)c(-c2ccccc2)o1)C(N)=O. The van der Waals surface area contributed by atoms with Gasteiger partial charge in [0.1, 0.15) is 5.69 Å². The van der Waals surface area contributed by atoms with Gasteiger partial charge in [-0.2, -0.15) is 0 Å². The van der Waals surface area contributed by atoms with E-state index in [1.807, 2.05) is 60.7 Å². The first-order chi connectivity index (χ1) is 14.0. The summed E-state index contributed by atoms with van der Waals surface area (Å²) in [5.74, 6) is -1.64. The summed E-state index contributed by atoms with van der Waals surface area (Å²) in [4.78, 5) is 39.0. The Labute approximate surface area is 166 Å². The van der Waals surface area contributed by atoms with E-state index in [1.54, 1.807) is 0 Å². The van der Waals surface area contributed by atoms with Crippen LogP contribution in [-0.2, 0) is 20.8 Å². The summed E-state index contributed by atoms with van der Waals surface area (Å²) in [6.45, 7) is 0. The van der Waals surface area contributed by atoms with Crippen LogP contribution in [0, 0.1) is 0 Å². The van der Waals surface area contributed by atoms with Gasteiger partial charge in [-0.15, -0.1) is 0 Å². The first-order valence-electron chi connectivity index (χ1n) is 8.94. The van der Waals surface area contributed by atoms with Crippen molar-refractivity contribution in [2.45, 2.75) is 18.9 Å². The minimum Gasteiger partial charge on any atom is -0.440 e. The first-order valence-corrected chi connectivity index (χ1v) is 8.94. The number of hydrogen-bond donors (Lipinski definition) is 3. The van der Waals surface area contributed by atoms with Crippen molar-refractivity contribution in [2.75, 3.05) is 0 Å². The van der Waals surface area contributed by atoms with E-state index in [9.17, 15) is 14.4 Å². The van der Waals surface area contributed by atoms with Crippen molar-refractivity contribution >= 4 is 17.7 Å². The molecule has 29 heavy (non-hydrogen) atoms. The molecule has 0 bridgehead atoms. The van der Waals surface area contributed by atoms with Crippen molar-refractivity contribution in [3.63, 3.8) is 0 Å². The van der Waals surface area contributed by atoms with Gasteiger partial charge >= 0.3 is 0 Å². The highest BCUT2D eigenvalue weighted by Gasteiger charge is 2.24.